The number of hydrogen-bond donors (Lipinski definition) is 1. The molecule has 0 spiro atoms. The summed E-state index contributed by atoms with van der Waals surface area (Å²) in [5, 5.41) is 8.52. The van der Waals surface area contributed by atoms with Crippen molar-refractivity contribution < 1.29 is 14.7 Å². The molecule has 0 aromatic rings. The molecule has 1 unspecified atom stereocenters. The molecule has 1 fully saturated rings. The zero-order valence-electron chi connectivity index (χ0n) is 7.12. The van der Waals surface area contributed by atoms with Gasteiger partial charge in [0.05, 0.1) is 0 Å². The lowest BCUT2D eigenvalue weighted by Gasteiger charge is -2.12. The minimum atomic E-state index is -0.170. The molecule has 0 aromatic heterocycles. The van der Waals surface area contributed by atoms with Crippen LogP contribution in [0.25, 0.3) is 0 Å². The summed E-state index contributed by atoms with van der Waals surface area (Å²) in [7, 11) is 0. The van der Waals surface area contributed by atoms with Crippen molar-refractivity contribution in [3.63, 3.8) is 0 Å². The molecule has 1 saturated heterocycles. The van der Waals surface area contributed by atoms with Gasteiger partial charge in [0.25, 0.3) is 0 Å². The number of nitrogens with zero attached hydrogens (tertiary/aromatic N) is 1. The molecule has 1 atom stereocenters. The first-order chi connectivity index (χ1) is 5.66. The Hall–Kier alpha value is -0.900. The first-order valence-corrected chi connectivity index (χ1v) is 4.12. The van der Waals surface area contributed by atoms with E-state index in [0.717, 1.165) is 0 Å². The molecule has 0 aromatic carbocycles. The highest BCUT2D eigenvalue weighted by atomic mass is 16.3. The first-order valence-electron chi connectivity index (χ1n) is 4.12. The molecule has 2 amide bonds. The second kappa shape index (κ2) is 3.67. The third-order valence-electron chi connectivity index (χ3n) is 2.01. The van der Waals surface area contributed by atoms with Gasteiger partial charge in [0.1, 0.15) is 0 Å². The average Bonchev–Trinajstić information content (AvgIpc) is 2.25. The summed E-state index contributed by atoms with van der Waals surface area (Å²) in [6, 6.07) is 0. The maximum atomic E-state index is 11.2. The minimum Gasteiger partial charge on any atom is -0.396 e. The number of hydrogen-bond acceptors (Lipinski definition) is 3. The van der Waals surface area contributed by atoms with E-state index in [1.165, 1.54) is 4.90 Å². The fourth-order valence-corrected chi connectivity index (χ4v) is 1.31. The van der Waals surface area contributed by atoms with Gasteiger partial charge in [-0.3, -0.25) is 14.5 Å². The molecule has 68 valence electrons. The van der Waals surface area contributed by atoms with Gasteiger partial charge in [0.2, 0.25) is 11.8 Å². The van der Waals surface area contributed by atoms with Gasteiger partial charge in [-0.15, -0.1) is 0 Å². The molecule has 1 N–H and O–H groups in total. The maximum Gasteiger partial charge on any atom is 0.232 e. The fourth-order valence-electron chi connectivity index (χ4n) is 1.31. The quantitative estimate of drug-likeness (QED) is 0.596. The van der Waals surface area contributed by atoms with E-state index in [1.54, 1.807) is 6.92 Å². The Labute approximate surface area is 71.2 Å². The normalized spacial score (nSPS) is 23.8. The molecule has 4 heteroatoms. The molecule has 1 aliphatic heterocycles. The number of amides is 2. The molecule has 1 rings (SSSR count). The largest absolute Gasteiger partial charge is 0.396 e. The van der Waals surface area contributed by atoms with E-state index in [9.17, 15) is 9.59 Å². The van der Waals surface area contributed by atoms with Gasteiger partial charge >= 0.3 is 0 Å². The van der Waals surface area contributed by atoms with Crippen molar-refractivity contribution in [3.05, 3.63) is 0 Å². The van der Waals surface area contributed by atoms with Crippen LogP contribution in [0.4, 0.5) is 0 Å². The maximum absolute atomic E-state index is 11.2. The smallest absolute Gasteiger partial charge is 0.232 e. The molecular weight excluding hydrogens is 158 g/mol. The monoisotopic (exact) mass is 171 g/mol. The molecule has 0 bridgehead atoms. The Morgan fingerprint density at radius 1 is 1.58 bits per heavy atom. The highest BCUT2D eigenvalue weighted by Gasteiger charge is 2.34. The number of carbonyl (C=O) groups is 2. The fraction of sp³-hybridized carbons (Fsp3) is 0.750. The zero-order chi connectivity index (χ0) is 9.14. The van der Waals surface area contributed by atoms with E-state index in [-0.39, 0.29) is 24.3 Å². The molecule has 1 aliphatic rings. The van der Waals surface area contributed by atoms with Crippen LogP contribution >= 0.6 is 0 Å². The van der Waals surface area contributed by atoms with Gasteiger partial charge in [-0.1, -0.05) is 6.92 Å². The number of imide groups is 1. The summed E-state index contributed by atoms with van der Waals surface area (Å²) in [5.41, 5.74) is 0. The van der Waals surface area contributed by atoms with Crippen LogP contribution < -0.4 is 0 Å². The zero-order valence-corrected chi connectivity index (χ0v) is 7.12. The Balaban J connectivity index is 2.52. The second-order valence-corrected chi connectivity index (χ2v) is 3.07. The Morgan fingerprint density at radius 3 is 2.67 bits per heavy atom. The number of aliphatic hydroxyl groups is 1. The lowest BCUT2D eigenvalue weighted by atomic mass is 10.1. The summed E-state index contributed by atoms with van der Waals surface area (Å²) in [6.07, 6.45) is 0.800. The van der Waals surface area contributed by atoms with Gasteiger partial charge < -0.3 is 5.11 Å². The highest BCUT2D eigenvalue weighted by molar-refractivity contribution is 6.03. The van der Waals surface area contributed by atoms with Gasteiger partial charge in [-0.05, 0) is 6.42 Å². The van der Waals surface area contributed by atoms with E-state index in [2.05, 4.69) is 0 Å². The van der Waals surface area contributed by atoms with Crippen LogP contribution in [0.2, 0.25) is 0 Å². The predicted molar refractivity (Wildman–Crippen MR) is 42.2 cm³/mol. The number of carbonyl (C=O) groups excluding carboxylic acids is 2. The van der Waals surface area contributed by atoms with Crippen molar-refractivity contribution in [1.82, 2.24) is 4.90 Å². The second-order valence-electron chi connectivity index (χ2n) is 3.07. The van der Waals surface area contributed by atoms with Crippen LogP contribution in [0.3, 0.4) is 0 Å². The van der Waals surface area contributed by atoms with Crippen molar-refractivity contribution in [2.75, 3.05) is 13.2 Å². The standard InChI is InChI=1S/C8H13NO3/c1-6-5-7(11)9(8(6)12)3-2-4-10/h6,10H,2-5H2,1H3. The minimum absolute atomic E-state index is 0.0193. The predicted octanol–water partition coefficient (Wildman–Crippen LogP) is -0.236. The van der Waals surface area contributed by atoms with Crippen LogP contribution in [0, 0.1) is 5.92 Å². The molecular formula is C8H13NO3. The number of aliphatic hydroxyl groups excluding tert-OH is 1. The van der Waals surface area contributed by atoms with Crippen LogP contribution in [-0.4, -0.2) is 35.0 Å². The van der Waals surface area contributed by atoms with Gasteiger partial charge in [-0.2, -0.15) is 0 Å². The van der Waals surface area contributed by atoms with Crippen LogP contribution in [-0.2, 0) is 9.59 Å². The molecule has 1 heterocycles. The number of likely N-dealkylation sites (tertiary alicyclic amines) is 1. The third-order valence-corrected chi connectivity index (χ3v) is 2.01. The van der Waals surface area contributed by atoms with Gasteiger partial charge in [-0.25, -0.2) is 0 Å². The van der Waals surface area contributed by atoms with Gasteiger partial charge in [0.15, 0.2) is 0 Å². The molecule has 4 nitrogen and oxygen atoms in total. The lowest BCUT2D eigenvalue weighted by molar-refractivity contribution is -0.139. The molecule has 0 radical (unpaired) electrons. The topological polar surface area (TPSA) is 57.6 Å². The molecule has 0 aliphatic carbocycles. The summed E-state index contributed by atoms with van der Waals surface area (Å²) in [4.78, 5) is 23.6. The Morgan fingerprint density at radius 2 is 2.25 bits per heavy atom. The number of rotatable bonds is 3. The van der Waals surface area contributed by atoms with Crippen molar-refractivity contribution in [1.29, 1.82) is 0 Å². The first kappa shape index (κ1) is 9.19. The summed E-state index contributed by atoms with van der Waals surface area (Å²) < 4.78 is 0. The summed E-state index contributed by atoms with van der Waals surface area (Å²) in [5.74, 6) is -0.384. The van der Waals surface area contributed by atoms with Crippen molar-refractivity contribution in [2.45, 2.75) is 19.8 Å². The lowest BCUT2D eigenvalue weighted by Crippen LogP contribution is -2.31. The Bertz CT molecular complexity index is 202. The highest BCUT2D eigenvalue weighted by Crippen LogP contribution is 2.18. The molecule has 12 heavy (non-hydrogen) atoms. The van der Waals surface area contributed by atoms with Crippen molar-refractivity contribution in [3.8, 4) is 0 Å². The Kier molecular flexibility index (Phi) is 2.81. The van der Waals surface area contributed by atoms with Crippen LogP contribution in [0.15, 0.2) is 0 Å². The van der Waals surface area contributed by atoms with Gasteiger partial charge in [0, 0.05) is 25.5 Å². The van der Waals surface area contributed by atoms with Crippen LogP contribution in [0.1, 0.15) is 19.8 Å². The van der Waals surface area contributed by atoms with E-state index in [0.29, 0.717) is 19.4 Å². The van der Waals surface area contributed by atoms with E-state index in [1.807, 2.05) is 0 Å². The SMILES string of the molecule is CC1CC(=O)N(CCCO)C1=O. The van der Waals surface area contributed by atoms with E-state index >= 15 is 0 Å². The van der Waals surface area contributed by atoms with Crippen molar-refractivity contribution >= 4 is 11.8 Å². The average molecular weight is 171 g/mol. The van der Waals surface area contributed by atoms with E-state index < -0.39 is 0 Å². The van der Waals surface area contributed by atoms with Crippen LogP contribution in [0.5, 0.6) is 0 Å². The van der Waals surface area contributed by atoms with E-state index in [4.69, 9.17) is 5.11 Å². The summed E-state index contributed by atoms with van der Waals surface area (Å²) in [6.45, 7) is 2.13. The third kappa shape index (κ3) is 1.64. The molecule has 0 saturated carbocycles. The summed E-state index contributed by atoms with van der Waals surface area (Å²) >= 11 is 0. The van der Waals surface area contributed by atoms with Crippen molar-refractivity contribution in [2.24, 2.45) is 5.92 Å².